The van der Waals surface area contributed by atoms with Gasteiger partial charge in [-0.25, -0.2) is 0 Å². The Bertz CT molecular complexity index is 935. The van der Waals surface area contributed by atoms with Crippen molar-refractivity contribution in [3.05, 3.63) is 53.6 Å². The van der Waals surface area contributed by atoms with Crippen LogP contribution in [0.15, 0.2) is 42.5 Å². The number of methoxy groups -OCH3 is 1. The van der Waals surface area contributed by atoms with Crippen LogP contribution in [0.2, 0.25) is 0 Å². The van der Waals surface area contributed by atoms with Gasteiger partial charge in [0.05, 0.1) is 0 Å². The van der Waals surface area contributed by atoms with Gasteiger partial charge in [0.1, 0.15) is 0 Å². The third kappa shape index (κ3) is 2.25. The number of epoxide rings is 1. The summed E-state index contributed by atoms with van der Waals surface area (Å²) >= 11 is 0.318. The van der Waals surface area contributed by atoms with Crippen LogP contribution < -0.4 is 13.9 Å². The molecule has 0 amide bonds. The summed E-state index contributed by atoms with van der Waals surface area (Å²) in [6.45, 7) is 2.04. The first-order valence-electron chi connectivity index (χ1n) is 10.1. The molecule has 3 aliphatic heterocycles. The zero-order chi connectivity index (χ0) is 18.9. The number of fused-ring (bicyclic) bond motifs is 1. The molecule has 6 rings (SSSR count). The van der Waals surface area contributed by atoms with E-state index < -0.39 is 0 Å². The summed E-state index contributed by atoms with van der Waals surface area (Å²) in [5.41, 5.74) is 2.74. The van der Waals surface area contributed by atoms with Crippen LogP contribution in [-0.4, -0.2) is 57.3 Å². The molecule has 1 aliphatic carbocycles. The first kappa shape index (κ1) is 17.3. The van der Waals surface area contributed by atoms with Crippen molar-refractivity contribution in [1.29, 1.82) is 0 Å². The van der Waals surface area contributed by atoms with Gasteiger partial charge in [-0.2, -0.15) is 0 Å². The number of hydrogen-bond acceptors (Lipinski definition) is 4. The summed E-state index contributed by atoms with van der Waals surface area (Å²) in [5, 5.41) is 0. The van der Waals surface area contributed by atoms with Gasteiger partial charge in [0.2, 0.25) is 0 Å². The zero-order valence-corrected chi connectivity index (χ0v) is 18.0. The van der Waals surface area contributed by atoms with Crippen molar-refractivity contribution in [2.24, 2.45) is 0 Å². The standard InChI is InChI=1S/C23H25NO3Se/c1-24-13-12-22-18(26-20-17(25-2)9-8-15(14-24)19(20)22)10-11-23(21(22)27-23)28-16-6-4-3-5-7-16/h3-9,18,21H,10-14H2,1-2H3/t18-,21-,22?,23-/m0/s1. The summed E-state index contributed by atoms with van der Waals surface area (Å²) in [6, 6.07) is 15.2. The van der Waals surface area contributed by atoms with Crippen LogP contribution in [0.4, 0.5) is 0 Å². The van der Waals surface area contributed by atoms with E-state index in [1.165, 1.54) is 15.6 Å². The van der Waals surface area contributed by atoms with Crippen LogP contribution >= 0.6 is 0 Å². The van der Waals surface area contributed by atoms with Crippen LogP contribution in [0.3, 0.4) is 0 Å². The summed E-state index contributed by atoms with van der Waals surface area (Å²) in [5.74, 6) is 1.86. The molecule has 3 heterocycles. The molecule has 0 aromatic heterocycles. The molecule has 1 spiro atoms. The van der Waals surface area contributed by atoms with Crippen LogP contribution in [0, 0.1) is 0 Å². The molecule has 5 heteroatoms. The van der Waals surface area contributed by atoms with Gasteiger partial charge in [-0.15, -0.1) is 0 Å². The predicted molar refractivity (Wildman–Crippen MR) is 109 cm³/mol. The van der Waals surface area contributed by atoms with Crippen molar-refractivity contribution in [2.45, 2.75) is 47.9 Å². The van der Waals surface area contributed by atoms with Crippen LogP contribution in [-0.2, 0) is 16.7 Å². The van der Waals surface area contributed by atoms with E-state index in [9.17, 15) is 0 Å². The van der Waals surface area contributed by atoms with Crippen molar-refractivity contribution in [1.82, 2.24) is 4.90 Å². The maximum atomic E-state index is 6.68. The predicted octanol–water partition coefficient (Wildman–Crippen LogP) is 2.45. The molecule has 4 aliphatic rings. The fourth-order valence-corrected chi connectivity index (χ4v) is 8.60. The fourth-order valence-electron chi connectivity index (χ4n) is 5.71. The topological polar surface area (TPSA) is 34.2 Å². The molecular weight excluding hydrogens is 417 g/mol. The monoisotopic (exact) mass is 443 g/mol. The number of ether oxygens (including phenoxy) is 3. The van der Waals surface area contributed by atoms with E-state index in [0.717, 1.165) is 43.9 Å². The van der Waals surface area contributed by atoms with Gasteiger partial charge in [-0.1, -0.05) is 0 Å². The average molecular weight is 442 g/mol. The molecule has 0 N–H and O–H groups in total. The molecule has 1 unspecified atom stereocenters. The number of nitrogens with zero attached hydrogens (tertiary/aromatic N) is 1. The van der Waals surface area contributed by atoms with Gasteiger partial charge in [-0.05, 0) is 0 Å². The van der Waals surface area contributed by atoms with Gasteiger partial charge in [0.25, 0.3) is 0 Å². The van der Waals surface area contributed by atoms with E-state index in [4.69, 9.17) is 14.2 Å². The third-order valence-corrected chi connectivity index (χ3v) is 9.86. The molecule has 1 saturated heterocycles. The van der Waals surface area contributed by atoms with E-state index in [0.29, 0.717) is 15.0 Å². The Kier molecular flexibility index (Phi) is 3.71. The molecule has 2 aromatic carbocycles. The maximum absolute atomic E-state index is 6.68. The summed E-state index contributed by atoms with van der Waals surface area (Å²) in [6.07, 6.45) is 3.72. The summed E-state index contributed by atoms with van der Waals surface area (Å²) in [4.78, 5) is 2.44. The van der Waals surface area contributed by atoms with Crippen molar-refractivity contribution in [3.8, 4) is 11.5 Å². The van der Waals surface area contributed by atoms with Gasteiger partial charge in [0.15, 0.2) is 0 Å². The van der Waals surface area contributed by atoms with E-state index in [-0.39, 0.29) is 22.1 Å². The van der Waals surface area contributed by atoms with E-state index in [1.807, 2.05) is 0 Å². The van der Waals surface area contributed by atoms with Gasteiger partial charge in [0, 0.05) is 0 Å². The number of benzene rings is 2. The molecular formula is C23H25NO3Se. The normalized spacial score (nSPS) is 35.2. The van der Waals surface area contributed by atoms with Crippen molar-refractivity contribution >= 4 is 19.4 Å². The minimum absolute atomic E-state index is 0.0269. The SMILES string of the molecule is COc1ccc2c3c1O[C@H]1CC[C@@]4([Se]c5ccccc5)O[C@H]4C31CCN(C)C2. The van der Waals surface area contributed by atoms with Gasteiger partial charge >= 0.3 is 172 Å². The molecule has 2 fully saturated rings. The van der Waals surface area contributed by atoms with Crippen molar-refractivity contribution in [3.63, 3.8) is 0 Å². The number of rotatable bonds is 3. The Morgan fingerprint density at radius 2 is 2.00 bits per heavy atom. The molecule has 28 heavy (non-hydrogen) atoms. The van der Waals surface area contributed by atoms with Crippen LogP contribution in [0.1, 0.15) is 30.4 Å². The minimum atomic E-state index is -0.0290. The Morgan fingerprint density at radius 3 is 2.82 bits per heavy atom. The van der Waals surface area contributed by atoms with Crippen molar-refractivity contribution < 1.29 is 14.2 Å². The van der Waals surface area contributed by atoms with Crippen LogP contribution in [0.5, 0.6) is 11.5 Å². The molecule has 146 valence electrons. The third-order valence-electron chi connectivity index (χ3n) is 6.99. The molecule has 1 saturated carbocycles. The van der Waals surface area contributed by atoms with E-state index in [1.54, 1.807) is 7.11 Å². The second-order valence-corrected chi connectivity index (χ2v) is 11.4. The fraction of sp³-hybridized carbons (Fsp3) is 0.478. The van der Waals surface area contributed by atoms with Gasteiger partial charge in [-0.3, -0.25) is 0 Å². The van der Waals surface area contributed by atoms with Crippen LogP contribution in [0.25, 0.3) is 0 Å². The second-order valence-electron chi connectivity index (χ2n) is 8.53. The summed E-state index contributed by atoms with van der Waals surface area (Å²) in [7, 11) is 3.97. The van der Waals surface area contributed by atoms with Gasteiger partial charge < -0.3 is 0 Å². The van der Waals surface area contributed by atoms with E-state index >= 15 is 0 Å². The quantitative estimate of drug-likeness (QED) is 0.541. The first-order valence-corrected chi connectivity index (χ1v) is 11.8. The second kappa shape index (κ2) is 5.99. The Morgan fingerprint density at radius 1 is 1.14 bits per heavy atom. The molecule has 4 atom stereocenters. The van der Waals surface area contributed by atoms with E-state index in [2.05, 4.69) is 54.4 Å². The Balaban J connectivity index is 1.47. The molecule has 0 bridgehead atoms. The molecule has 0 radical (unpaired) electrons. The zero-order valence-electron chi connectivity index (χ0n) is 16.3. The summed E-state index contributed by atoms with van der Waals surface area (Å²) < 4.78 is 20.4. The molecule has 2 aromatic rings. The first-order chi connectivity index (χ1) is 13.7. The Labute approximate surface area is 172 Å². The number of hydrogen-bond donors (Lipinski definition) is 0. The van der Waals surface area contributed by atoms with Crippen molar-refractivity contribution in [2.75, 3.05) is 20.7 Å². The molecule has 4 nitrogen and oxygen atoms in total. The Hall–Kier alpha value is -1.52. The average Bonchev–Trinajstić information content (AvgIpc) is 3.36.